The van der Waals surface area contributed by atoms with Crippen LogP contribution in [0.2, 0.25) is 0 Å². The Kier molecular flexibility index (Phi) is 5.83. The quantitative estimate of drug-likeness (QED) is 0.834. The lowest BCUT2D eigenvalue weighted by Gasteiger charge is -2.26. The first-order valence-electron chi connectivity index (χ1n) is 7.97. The standard InChI is InChI=1S/C15H27N3O2/c1-2-14(19)17-7-4-8-18(10-9-17)15(20)11-13-5-3-6-16-12-13/h13,16H,2-12H2,1H3. The number of nitrogens with zero attached hydrogens (tertiary/aromatic N) is 2. The van der Waals surface area contributed by atoms with E-state index < -0.39 is 0 Å². The van der Waals surface area contributed by atoms with Crippen molar-refractivity contribution in [2.75, 3.05) is 39.3 Å². The van der Waals surface area contributed by atoms with Gasteiger partial charge in [-0.2, -0.15) is 0 Å². The first kappa shape index (κ1) is 15.3. The minimum Gasteiger partial charge on any atom is -0.341 e. The SMILES string of the molecule is CCC(=O)N1CCCN(C(=O)CC2CCCNC2)CC1. The van der Waals surface area contributed by atoms with Crippen molar-refractivity contribution in [3.8, 4) is 0 Å². The molecule has 114 valence electrons. The average molecular weight is 281 g/mol. The van der Waals surface area contributed by atoms with Gasteiger partial charge in [-0.05, 0) is 38.3 Å². The number of amides is 2. The van der Waals surface area contributed by atoms with Crippen molar-refractivity contribution >= 4 is 11.8 Å². The molecule has 2 heterocycles. The summed E-state index contributed by atoms with van der Waals surface area (Å²) in [5.41, 5.74) is 0. The highest BCUT2D eigenvalue weighted by molar-refractivity contribution is 5.77. The molecule has 2 aliphatic rings. The van der Waals surface area contributed by atoms with Gasteiger partial charge in [0.05, 0.1) is 0 Å². The molecule has 1 atom stereocenters. The Morgan fingerprint density at radius 3 is 2.35 bits per heavy atom. The van der Waals surface area contributed by atoms with E-state index >= 15 is 0 Å². The van der Waals surface area contributed by atoms with Crippen LogP contribution in [0.25, 0.3) is 0 Å². The Morgan fingerprint density at radius 1 is 1.05 bits per heavy atom. The highest BCUT2D eigenvalue weighted by Gasteiger charge is 2.24. The summed E-state index contributed by atoms with van der Waals surface area (Å²) >= 11 is 0. The third-order valence-corrected chi connectivity index (χ3v) is 4.37. The Morgan fingerprint density at radius 2 is 1.75 bits per heavy atom. The van der Waals surface area contributed by atoms with Crippen molar-refractivity contribution in [2.24, 2.45) is 5.92 Å². The molecule has 5 heteroatoms. The maximum atomic E-state index is 12.4. The summed E-state index contributed by atoms with van der Waals surface area (Å²) in [7, 11) is 0. The zero-order valence-corrected chi connectivity index (χ0v) is 12.6. The highest BCUT2D eigenvalue weighted by Crippen LogP contribution is 2.16. The number of hydrogen-bond donors (Lipinski definition) is 1. The summed E-state index contributed by atoms with van der Waals surface area (Å²) < 4.78 is 0. The van der Waals surface area contributed by atoms with Gasteiger partial charge < -0.3 is 15.1 Å². The van der Waals surface area contributed by atoms with Crippen LogP contribution in [-0.2, 0) is 9.59 Å². The Bertz CT molecular complexity index is 340. The van der Waals surface area contributed by atoms with Gasteiger partial charge >= 0.3 is 0 Å². The summed E-state index contributed by atoms with van der Waals surface area (Å²) in [6.45, 7) is 6.94. The number of carbonyl (C=O) groups is 2. The molecule has 0 saturated carbocycles. The molecule has 2 aliphatic heterocycles. The van der Waals surface area contributed by atoms with E-state index in [4.69, 9.17) is 0 Å². The van der Waals surface area contributed by atoms with Gasteiger partial charge in [-0.25, -0.2) is 0 Å². The number of carbonyl (C=O) groups excluding carboxylic acids is 2. The molecule has 0 radical (unpaired) electrons. The lowest BCUT2D eigenvalue weighted by molar-refractivity contribution is -0.134. The van der Waals surface area contributed by atoms with Crippen LogP contribution >= 0.6 is 0 Å². The van der Waals surface area contributed by atoms with Gasteiger partial charge in [-0.15, -0.1) is 0 Å². The van der Waals surface area contributed by atoms with Crippen molar-refractivity contribution in [1.29, 1.82) is 0 Å². The van der Waals surface area contributed by atoms with Gasteiger partial charge in [0.1, 0.15) is 0 Å². The van der Waals surface area contributed by atoms with Gasteiger partial charge in [-0.3, -0.25) is 9.59 Å². The minimum atomic E-state index is 0.204. The fourth-order valence-corrected chi connectivity index (χ4v) is 3.11. The molecule has 20 heavy (non-hydrogen) atoms. The second-order valence-corrected chi connectivity index (χ2v) is 5.89. The van der Waals surface area contributed by atoms with Crippen LogP contribution in [0.5, 0.6) is 0 Å². The van der Waals surface area contributed by atoms with Crippen molar-refractivity contribution in [2.45, 2.75) is 39.0 Å². The fraction of sp³-hybridized carbons (Fsp3) is 0.867. The van der Waals surface area contributed by atoms with E-state index in [1.165, 1.54) is 6.42 Å². The molecule has 0 aromatic carbocycles. The van der Waals surface area contributed by atoms with E-state index in [2.05, 4.69) is 5.32 Å². The van der Waals surface area contributed by atoms with Gasteiger partial charge in [-0.1, -0.05) is 6.92 Å². The summed E-state index contributed by atoms with van der Waals surface area (Å²) in [6, 6.07) is 0. The summed E-state index contributed by atoms with van der Waals surface area (Å²) in [6.07, 6.45) is 4.46. The largest absolute Gasteiger partial charge is 0.341 e. The molecule has 0 aromatic rings. The Balaban J connectivity index is 1.80. The van der Waals surface area contributed by atoms with E-state index in [1.54, 1.807) is 0 Å². The monoisotopic (exact) mass is 281 g/mol. The summed E-state index contributed by atoms with van der Waals surface area (Å²) in [5, 5.41) is 3.36. The number of hydrogen-bond acceptors (Lipinski definition) is 3. The lowest BCUT2D eigenvalue weighted by Crippen LogP contribution is -2.39. The molecule has 0 bridgehead atoms. The van der Waals surface area contributed by atoms with Crippen LogP contribution in [0.3, 0.4) is 0 Å². The predicted octanol–water partition coefficient (Wildman–Crippen LogP) is 0.847. The normalized spacial score (nSPS) is 24.4. The molecule has 1 N–H and O–H groups in total. The molecule has 2 fully saturated rings. The number of piperidine rings is 1. The smallest absolute Gasteiger partial charge is 0.222 e. The molecule has 0 spiro atoms. The number of rotatable bonds is 3. The third kappa shape index (κ3) is 4.20. The van der Waals surface area contributed by atoms with Crippen molar-refractivity contribution < 1.29 is 9.59 Å². The van der Waals surface area contributed by atoms with Crippen LogP contribution in [0.4, 0.5) is 0 Å². The topological polar surface area (TPSA) is 52.7 Å². The first-order chi connectivity index (χ1) is 9.70. The van der Waals surface area contributed by atoms with Crippen molar-refractivity contribution in [3.63, 3.8) is 0 Å². The maximum Gasteiger partial charge on any atom is 0.222 e. The van der Waals surface area contributed by atoms with Crippen LogP contribution < -0.4 is 5.32 Å². The number of nitrogens with one attached hydrogen (secondary N) is 1. The average Bonchev–Trinajstić information content (AvgIpc) is 2.73. The van der Waals surface area contributed by atoms with E-state index in [0.717, 1.165) is 39.0 Å². The molecule has 1 unspecified atom stereocenters. The minimum absolute atomic E-state index is 0.204. The van der Waals surface area contributed by atoms with Crippen LogP contribution in [0.1, 0.15) is 39.0 Å². The van der Waals surface area contributed by atoms with Gasteiger partial charge in [0, 0.05) is 39.0 Å². The fourth-order valence-electron chi connectivity index (χ4n) is 3.11. The second kappa shape index (κ2) is 7.62. The van der Waals surface area contributed by atoms with Crippen LogP contribution in [0.15, 0.2) is 0 Å². The lowest BCUT2D eigenvalue weighted by atomic mass is 9.95. The Labute approximate surface area is 121 Å². The molecular weight excluding hydrogens is 254 g/mol. The van der Waals surface area contributed by atoms with Crippen LogP contribution in [-0.4, -0.2) is 60.9 Å². The highest BCUT2D eigenvalue weighted by atomic mass is 16.2. The molecule has 0 aromatic heterocycles. The second-order valence-electron chi connectivity index (χ2n) is 5.89. The van der Waals surface area contributed by atoms with E-state index in [0.29, 0.717) is 31.8 Å². The molecular formula is C15H27N3O2. The maximum absolute atomic E-state index is 12.4. The molecule has 2 amide bonds. The molecule has 0 aliphatic carbocycles. The zero-order valence-electron chi connectivity index (χ0n) is 12.6. The molecule has 2 rings (SSSR count). The van der Waals surface area contributed by atoms with Gasteiger partial charge in [0.2, 0.25) is 11.8 Å². The van der Waals surface area contributed by atoms with Gasteiger partial charge in [0.15, 0.2) is 0 Å². The van der Waals surface area contributed by atoms with E-state index in [-0.39, 0.29) is 11.8 Å². The molecule has 2 saturated heterocycles. The molecule has 5 nitrogen and oxygen atoms in total. The third-order valence-electron chi connectivity index (χ3n) is 4.37. The predicted molar refractivity (Wildman–Crippen MR) is 78.3 cm³/mol. The zero-order chi connectivity index (χ0) is 14.4. The summed E-state index contributed by atoms with van der Waals surface area (Å²) in [5.74, 6) is 0.966. The van der Waals surface area contributed by atoms with Crippen LogP contribution in [0, 0.1) is 5.92 Å². The van der Waals surface area contributed by atoms with Crippen molar-refractivity contribution in [1.82, 2.24) is 15.1 Å². The Hall–Kier alpha value is -1.10. The van der Waals surface area contributed by atoms with Gasteiger partial charge in [0.25, 0.3) is 0 Å². The van der Waals surface area contributed by atoms with E-state index in [9.17, 15) is 9.59 Å². The first-order valence-corrected chi connectivity index (χ1v) is 7.97. The van der Waals surface area contributed by atoms with E-state index in [1.807, 2.05) is 16.7 Å². The summed E-state index contributed by atoms with van der Waals surface area (Å²) in [4.78, 5) is 27.9. The van der Waals surface area contributed by atoms with Crippen molar-refractivity contribution in [3.05, 3.63) is 0 Å².